The second kappa shape index (κ2) is 6.03. The maximum Gasteiger partial charge on any atom is 0.166 e. The summed E-state index contributed by atoms with van der Waals surface area (Å²) in [7, 11) is 0. The summed E-state index contributed by atoms with van der Waals surface area (Å²) >= 11 is 0. The zero-order valence-electron chi connectivity index (χ0n) is 16.5. The summed E-state index contributed by atoms with van der Waals surface area (Å²) < 4.78 is 6.49. The fourth-order valence-electron chi connectivity index (χ4n) is 5.56. The summed E-state index contributed by atoms with van der Waals surface area (Å²) in [5, 5.41) is 2.38. The number of nitrogens with zero attached hydrogens (tertiary/aromatic N) is 1. The number of carbonyl (C=O) groups is 1. The molecule has 1 aromatic heterocycles. The van der Waals surface area contributed by atoms with Crippen LogP contribution in [0.2, 0.25) is 0 Å². The zero-order valence-corrected chi connectivity index (χ0v) is 16.5. The average Bonchev–Trinajstić information content (AvgIpc) is 3.10. The Hall–Kier alpha value is -2.94. The van der Waals surface area contributed by atoms with Gasteiger partial charge in [-0.3, -0.25) is 9.78 Å². The molecule has 0 spiro atoms. The first kappa shape index (κ1) is 17.0. The predicted octanol–water partition coefficient (Wildman–Crippen LogP) is 5.55. The first-order valence-corrected chi connectivity index (χ1v) is 10.5. The molecule has 4 aliphatic rings. The van der Waals surface area contributed by atoms with Gasteiger partial charge in [-0.15, -0.1) is 0 Å². The van der Waals surface area contributed by atoms with Crippen LogP contribution in [-0.2, 0) is 9.53 Å². The summed E-state index contributed by atoms with van der Waals surface area (Å²) in [6.45, 7) is 2.33. The Kier molecular flexibility index (Phi) is 3.53. The smallest absolute Gasteiger partial charge is 0.166 e. The van der Waals surface area contributed by atoms with E-state index in [9.17, 15) is 4.79 Å². The van der Waals surface area contributed by atoms with Crippen molar-refractivity contribution in [2.75, 3.05) is 0 Å². The minimum Gasteiger partial charge on any atom is -0.489 e. The molecule has 2 aromatic rings. The van der Waals surface area contributed by atoms with Crippen molar-refractivity contribution in [3.8, 4) is 0 Å². The maximum absolute atomic E-state index is 12.3. The van der Waals surface area contributed by atoms with Crippen LogP contribution in [0, 0.1) is 11.3 Å². The lowest BCUT2D eigenvalue weighted by Crippen LogP contribution is -2.40. The van der Waals surface area contributed by atoms with Crippen molar-refractivity contribution in [1.82, 2.24) is 4.98 Å². The molecule has 1 aliphatic heterocycles. The number of carbonyl (C=O) groups excluding carboxylic acids is 1. The van der Waals surface area contributed by atoms with Crippen LogP contribution in [0.3, 0.4) is 0 Å². The minimum absolute atomic E-state index is 0.0329. The Morgan fingerprint density at radius 1 is 1.17 bits per heavy atom. The number of fused-ring (bicyclic) bond motifs is 4. The van der Waals surface area contributed by atoms with Crippen molar-refractivity contribution in [3.63, 3.8) is 0 Å². The van der Waals surface area contributed by atoms with Gasteiger partial charge >= 0.3 is 0 Å². The maximum atomic E-state index is 12.3. The number of aromatic nitrogens is 1. The third-order valence-electron chi connectivity index (χ3n) is 7.18. The van der Waals surface area contributed by atoms with Gasteiger partial charge in [-0.2, -0.15) is 0 Å². The summed E-state index contributed by atoms with van der Waals surface area (Å²) in [4.78, 5) is 16.6. The van der Waals surface area contributed by atoms with Crippen LogP contribution in [0.15, 0.2) is 77.9 Å². The van der Waals surface area contributed by atoms with Gasteiger partial charge in [0.2, 0.25) is 0 Å². The van der Waals surface area contributed by atoms with E-state index in [1.54, 1.807) is 0 Å². The molecular weight excluding hydrogens is 358 g/mol. The minimum atomic E-state index is -0.0748. The highest BCUT2D eigenvalue weighted by Crippen LogP contribution is 2.56. The fraction of sp³-hybridized carbons (Fsp3) is 0.308. The first-order chi connectivity index (χ1) is 14.1. The molecule has 0 unspecified atom stereocenters. The Morgan fingerprint density at radius 3 is 3.03 bits per heavy atom. The van der Waals surface area contributed by atoms with Crippen molar-refractivity contribution < 1.29 is 9.53 Å². The number of pyridine rings is 1. The number of hydrogen-bond acceptors (Lipinski definition) is 3. The van der Waals surface area contributed by atoms with E-state index in [0.29, 0.717) is 12.3 Å². The van der Waals surface area contributed by atoms with Crippen molar-refractivity contribution in [2.24, 2.45) is 11.3 Å². The third-order valence-corrected chi connectivity index (χ3v) is 7.18. The van der Waals surface area contributed by atoms with E-state index >= 15 is 0 Å². The summed E-state index contributed by atoms with van der Waals surface area (Å²) in [5.41, 5.74) is 4.51. The molecule has 6 rings (SSSR count). The summed E-state index contributed by atoms with van der Waals surface area (Å²) in [6, 6.07) is 8.72. The summed E-state index contributed by atoms with van der Waals surface area (Å²) in [5.74, 6) is 1.50. The van der Waals surface area contributed by atoms with Gasteiger partial charge in [0.1, 0.15) is 11.9 Å². The molecule has 3 heteroatoms. The Morgan fingerprint density at radius 2 is 2.10 bits per heavy atom. The van der Waals surface area contributed by atoms with E-state index in [2.05, 4.69) is 60.5 Å². The van der Waals surface area contributed by atoms with Gasteiger partial charge < -0.3 is 4.74 Å². The summed E-state index contributed by atoms with van der Waals surface area (Å²) in [6.07, 6.45) is 16.2. The van der Waals surface area contributed by atoms with E-state index in [4.69, 9.17) is 4.74 Å². The van der Waals surface area contributed by atoms with Gasteiger partial charge in [-0.05, 0) is 53.1 Å². The van der Waals surface area contributed by atoms with Gasteiger partial charge in [0.15, 0.2) is 5.78 Å². The highest BCUT2D eigenvalue weighted by molar-refractivity contribution is 5.99. The van der Waals surface area contributed by atoms with Crippen LogP contribution in [0.4, 0.5) is 0 Å². The van der Waals surface area contributed by atoms with Crippen LogP contribution < -0.4 is 0 Å². The topological polar surface area (TPSA) is 39.2 Å². The molecule has 0 N–H and O–H groups in total. The molecule has 3 aliphatic carbocycles. The Labute approximate surface area is 170 Å². The van der Waals surface area contributed by atoms with Gasteiger partial charge in [0.25, 0.3) is 0 Å². The molecule has 0 amide bonds. The Bertz CT molecular complexity index is 1180. The molecule has 0 radical (unpaired) electrons. The highest BCUT2D eigenvalue weighted by Gasteiger charge is 2.49. The van der Waals surface area contributed by atoms with E-state index in [1.807, 2.05) is 12.4 Å². The highest BCUT2D eigenvalue weighted by atomic mass is 16.5. The number of allylic oxidation sites excluding steroid dienone is 6. The van der Waals surface area contributed by atoms with Crippen LogP contribution in [0.25, 0.3) is 16.3 Å². The van der Waals surface area contributed by atoms with Crippen molar-refractivity contribution in [3.05, 3.63) is 83.4 Å². The normalized spacial score (nSPS) is 30.3. The zero-order chi connectivity index (χ0) is 19.6. The van der Waals surface area contributed by atoms with Crippen molar-refractivity contribution in [2.45, 2.75) is 38.7 Å². The molecule has 29 heavy (non-hydrogen) atoms. The number of ketones is 1. The number of ether oxygens (including phenoxy) is 1. The van der Waals surface area contributed by atoms with E-state index in [1.165, 1.54) is 21.9 Å². The molecule has 0 saturated carbocycles. The lowest BCUT2D eigenvalue weighted by atomic mass is 9.65. The van der Waals surface area contributed by atoms with Gasteiger partial charge in [0, 0.05) is 42.0 Å². The number of benzene rings is 1. The second-order valence-corrected chi connectivity index (χ2v) is 8.81. The molecule has 0 fully saturated rings. The quantitative estimate of drug-likeness (QED) is 0.650. The molecule has 3 nitrogen and oxygen atoms in total. The van der Waals surface area contributed by atoms with Gasteiger partial charge in [0.05, 0.1) is 5.57 Å². The van der Waals surface area contributed by atoms with Gasteiger partial charge in [-0.1, -0.05) is 37.3 Å². The van der Waals surface area contributed by atoms with E-state index in [0.717, 1.165) is 36.2 Å². The van der Waals surface area contributed by atoms with E-state index in [-0.39, 0.29) is 17.3 Å². The molecule has 0 saturated heterocycles. The largest absolute Gasteiger partial charge is 0.489 e. The van der Waals surface area contributed by atoms with Crippen LogP contribution in [0.5, 0.6) is 0 Å². The second-order valence-electron chi connectivity index (χ2n) is 8.81. The number of hydrogen-bond donors (Lipinski definition) is 0. The molecule has 0 bridgehead atoms. The Balaban J connectivity index is 1.39. The van der Waals surface area contributed by atoms with Gasteiger partial charge in [-0.25, -0.2) is 0 Å². The lowest BCUT2D eigenvalue weighted by molar-refractivity contribution is -0.116. The first-order valence-electron chi connectivity index (χ1n) is 10.5. The molecular formula is C26H23NO2. The number of rotatable bonds is 1. The lowest BCUT2D eigenvalue weighted by Gasteiger charge is -2.43. The predicted molar refractivity (Wildman–Crippen MR) is 114 cm³/mol. The third kappa shape index (κ3) is 2.43. The number of Topliss-reactive ketones (excluding diaryl/α,β-unsaturated/α-hetero) is 1. The SMILES string of the molecule is C[C@]12C=CC3=CC4=C(CCCC4=O)O[C@H]3[C@@H]1CC=C2c1ccc2ccncc2c1. The van der Waals surface area contributed by atoms with E-state index < -0.39 is 0 Å². The monoisotopic (exact) mass is 381 g/mol. The fourth-order valence-corrected chi connectivity index (χ4v) is 5.56. The molecule has 1 aromatic carbocycles. The molecule has 3 atom stereocenters. The average molecular weight is 381 g/mol. The molecule has 2 heterocycles. The van der Waals surface area contributed by atoms with Crippen LogP contribution in [-0.4, -0.2) is 16.9 Å². The standard InChI is InChI=1S/C26H23NO2/c1-26-11-9-18-14-20-23(28)3-2-4-24(20)29-25(18)22(26)8-7-21(26)17-6-5-16-10-12-27-15-19(16)13-17/h5-7,9-15,22,25H,2-4,8H2,1H3/t22-,25+,26+/m0/s1. The molecule has 144 valence electrons. The van der Waals surface area contributed by atoms with Crippen LogP contribution >= 0.6 is 0 Å². The van der Waals surface area contributed by atoms with Crippen LogP contribution in [0.1, 0.15) is 38.2 Å². The van der Waals surface area contributed by atoms with Crippen molar-refractivity contribution >= 4 is 22.1 Å². The van der Waals surface area contributed by atoms with Crippen molar-refractivity contribution in [1.29, 1.82) is 0 Å².